The summed E-state index contributed by atoms with van der Waals surface area (Å²) < 4.78 is 6.35. The van der Waals surface area contributed by atoms with E-state index >= 15 is 0 Å². The van der Waals surface area contributed by atoms with Crippen LogP contribution in [0.3, 0.4) is 0 Å². The van der Waals surface area contributed by atoms with Gasteiger partial charge in [0.25, 0.3) is 5.56 Å². The average molecular weight is 365 g/mol. The van der Waals surface area contributed by atoms with Gasteiger partial charge in [-0.05, 0) is 37.3 Å². The maximum Gasteiger partial charge on any atom is 0.338 e. The molecule has 0 spiro atoms. The van der Waals surface area contributed by atoms with Crippen molar-refractivity contribution in [1.29, 1.82) is 0 Å². The Kier molecular flexibility index (Phi) is 5.21. The Balaban J connectivity index is 1.77. The molecule has 0 aliphatic rings. The van der Waals surface area contributed by atoms with E-state index in [0.717, 1.165) is 0 Å². The highest BCUT2D eigenvalue weighted by molar-refractivity contribution is 6.05. The van der Waals surface area contributed by atoms with Crippen LogP contribution < -0.4 is 16.2 Å². The van der Waals surface area contributed by atoms with Crippen LogP contribution in [0.2, 0.25) is 0 Å². The Bertz CT molecular complexity index is 1060. The second-order valence-electron chi connectivity index (χ2n) is 5.88. The molecule has 0 radical (unpaired) electrons. The lowest BCUT2D eigenvalue weighted by Gasteiger charge is -2.12. The highest BCUT2D eigenvalue weighted by Gasteiger charge is 2.11. The second-order valence-corrected chi connectivity index (χ2v) is 5.88. The molecule has 0 bridgehead atoms. The van der Waals surface area contributed by atoms with Crippen LogP contribution in [0.5, 0.6) is 0 Å². The van der Waals surface area contributed by atoms with E-state index in [2.05, 4.69) is 10.6 Å². The number of hydrogen-bond acceptors (Lipinski definition) is 4. The highest BCUT2D eigenvalue weighted by atomic mass is 16.5. The number of carbonyl (C=O) groups excluding carboxylic acids is 2. The topological polar surface area (TPSA) is 89.4 Å². The molecule has 2 N–H and O–H groups in total. The number of nitrogens with zero attached hydrogens (tertiary/aromatic N) is 1. The third kappa shape index (κ3) is 3.98. The third-order valence-corrected chi connectivity index (χ3v) is 3.99. The van der Waals surface area contributed by atoms with Crippen molar-refractivity contribution in [3.8, 4) is 0 Å². The Morgan fingerprint density at radius 3 is 2.33 bits per heavy atom. The summed E-state index contributed by atoms with van der Waals surface area (Å²) in [6.45, 7) is 2.04. The van der Waals surface area contributed by atoms with Crippen molar-refractivity contribution in [3.63, 3.8) is 0 Å². The van der Waals surface area contributed by atoms with Crippen LogP contribution in [0.25, 0.3) is 10.8 Å². The van der Waals surface area contributed by atoms with Gasteiger partial charge in [0.05, 0.1) is 17.9 Å². The van der Waals surface area contributed by atoms with E-state index in [1.54, 1.807) is 68.7 Å². The van der Waals surface area contributed by atoms with Crippen molar-refractivity contribution in [3.05, 3.63) is 70.6 Å². The zero-order valence-corrected chi connectivity index (χ0v) is 15.0. The van der Waals surface area contributed by atoms with Crippen molar-refractivity contribution >= 4 is 34.1 Å². The number of fused-ring (bicyclic) bond motifs is 1. The second kappa shape index (κ2) is 7.74. The number of ether oxygens (including phenoxy) is 1. The summed E-state index contributed by atoms with van der Waals surface area (Å²) in [5.41, 5.74) is 1.32. The van der Waals surface area contributed by atoms with E-state index < -0.39 is 12.0 Å². The molecule has 7 nitrogen and oxygen atoms in total. The van der Waals surface area contributed by atoms with E-state index in [0.29, 0.717) is 34.3 Å². The fourth-order valence-corrected chi connectivity index (χ4v) is 2.70. The standard InChI is InChI=1S/C20H19N3O4/c1-3-27-19(25)13-8-10-14(11-9-13)21-20(26)22-17-12-23(2)18(24)16-7-5-4-6-15(16)17/h4-12H,3H2,1-2H3,(H2,21,22,26). The Morgan fingerprint density at radius 2 is 1.67 bits per heavy atom. The number of amides is 2. The minimum Gasteiger partial charge on any atom is -0.462 e. The molecule has 2 aromatic carbocycles. The van der Waals surface area contributed by atoms with Gasteiger partial charge in [0.15, 0.2) is 0 Å². The first kappa shape index (κ1) is 18.2. The number of pyridine rings is 1. The van der Waals surface area contributed by atoms with E-state index in [9.17, 15) is 14.4 Å². The van der Waals surface area contributed by atoms with Crippen molar-refractivity contribution in [2.45, 2.75) is 6.92 Å². The van der Waals surface area contributed by atoms with E-state index in [1.807, 2.05) is 0 Å². The fraction of sp³-hybridized carbons (Fsp3) is 0.150. The van der Waals surface area contributed by atoms with Crippen molar-refractivity contribution in [2.24, 2.45) is 7.05 Å². The van der Waals surface area contributed by atoms with E-state index in [4.69, 9.17) is 4.74 Å². The Morgan fingerprint density at radius 1 is 1.00 bits per heavy atom. The summed E-state index contributed by atoms with van der Waals surface area (Å²) in [5, 5.41) is 6.64. The SMILES string of the molecule is CCOC(=O)c1ccc(NC(=O)Nc2cn(C)c(=O)c3ccccc23)cc1. The monoisotopic (exact) mass is 365 g/mol. The lowest BCUT2D eigenvalue weighted by molar-refractivity contribution is 0.0526. The normalized spacial score (nSPS) is 10.4. The third-order valence-electron chi connectivity index (χ3n) is 3.99. The Labute approximate surface area is 155 Å². The van der Waals surface area contributed by atoms with Crippen LogP contribution in [-0.4, -0.2) is 23.2 Å². The summed E-state index contributed by atoms with van der Waals surface area (Å²) in [4.78, 5) is 36.2. The highest BCUT2D eigenvalue weighted by Crippen LogP contribution is 2.20. The van der Waals surface area contributed by atoms with Gasteiger partial charge >= 0.3 is 12.0 Å². The number of carbonyl (C=O) groups is 2. The van der Waals surface area contributed by atoms with Gasteiger partial charge in [-0.25, -0.2) is 9.59 Å². The number of rotatable bonds is 4. The van der Waals surface area contributed by atoms with Gasteiger partial charge in [0.2, 0.25) is 0 Å². The molecule has 0 atom stereocenters. The molecule has 3 rings (SSSR count). The first-order valence-corrected chi connectivity index (χ1v) is 8.43. The number of esters is 1. The zero-order valence-electron chi connectivity index (χ0n) is 15.0. The summed E-state index contributed by atoms with van der Waals surface area (Å²) in [6, 6.07) is 13.0. The van der Waals surface area contributed by atoms with Crippen LogP contribution in [0.15, 0.2) is 59.5 Å². The Hall–Kier alpha value is -3.61. The predicted molar refractivity (Wildman–Crippen MR) is 104 cm³/mol. The van der Waals surface area contributed by atoms with Gasteiger partial charge in [0, 0.05) is 29.7 Å². The molecule has 0 aliphatic heterocycles. The fourth-order valence-electron chi connectivity index (χ4n) is 2.70. The maximum absolute atomic E-state index is 12.3. The molecule has 0 saturated carbocycles. The molecule has 0 unspecified atom stereocenters. The van der Waals surface area contributed by atoms with E-state index in [1.165, 1.54) is 4.57 Å². The van der Waals surface area contributed by atoms with Crippen molar-refractivity contribution in [2.75, 3.05) is 17.2 Å². The summed E-state index contributed by atoms with van der Waals surface area (Å²) in [7, 11) is 1.63. The number of aryl methyl sites for hydroxylation is 1. The quantitative estimate of drug-likeness (QED) is 0.694. The summed E-state index contributed by atoms with van der Waals surface area (Å²) in [6.07, 6.45) is 1.58. The molecule has 2 amide bonds. The number of urea groups is 1. The lowest BCUT2D eigenvalue weighted by atomic mass is 10.1. The van der Waals surface area contributed by atoms with Gasteiger partial charge in [-0.3, -0.25) is 4.79 Å². The number of anilines is 2. The predicted octanol–water partition coefficient (Wildman–Crippen LogP) is 3.36. The van der Waals surface area contributed by atoms with Gasteiger partial charge in [-0.2, -0.15) is 0 Å². The molecular weight excluding hydrogens is 346 g/mol. The van der Waals surface area contributed by atoms with Gasteiger partial charge in [-0.1, -0.05) is 18.2 Å². The molecule has 0 aliphatic carbocycles. The van der Waals surface area contributed by atoms with E-state index in [-0.39, 0.29) is 5.56 Å². The minimum atomic E-state index is -0.456. The molecule has 0 fully saturated rings. The molecule has 27 heavy (non-hydrogen) atoms. The van der Waals surface area contributed by atoms with Crippen LogP contribution in [0.4, 0.5) is 16.2 Å². The summed E-state index contributed by atoms with van der Waals surface area (Å²) >= 11 is 0. The lowest BCUT2D eigenvalue weighted by Crippen LogP contribution is -2.23. The molecular formula is C20H19N3O4. The molecule has 3 aromatic rings. The minimum absolute atomic E-state index is 0.133. The van der Waals surface area contributed by atoms with Crippen LogP contribution >= 0.6 is 0 Å². The molecule has 138 valence electrons. The van der Waals surface area contributed by atoms with Gasteiger partial charge in [0.1, 0.15) is 0 Å². The molecule has 1 heterocycles. The number of nitrogens with one attached hydrogen (secondary N) is 2. The largest absolute Gasteiger partial charge is 0.462 e. The molecule has 1 aromatic heterocycles. The van der Waals surface area contributed by atoms with Crippen molar-refractivity contribution < 1.29 is 14.3 Å². The average Bonchev–Trinajstić information content (AvgIpc) is 2.66. The van der Waals surface area contributed by atoms with Gasteiger partial charge in [-0.15, -0.1) is 0 Å². The zero-order chi connectivity index (χ0) is 19.4. The smallest absolute Gasteiger partial charge is 0.338 e. The number of benzene rings is 2. The molecule has 0 saturated heterocycles. The van der Waals surface area contributed by atoms with Crippen LogP contribution in [0, 0.1) is 0 Å². The van der Waals surface area contributed by atoms with Gasteiger partial charge < -0.3 is 19.9 Å². The first-order chi connectivity index (χ1) is 13.0. The summed E-state index contributed by atoms with van der Waals surface area (Å²) in [5.74, 6) is -0.412. The first-order valence-electron chi connectivity index (χ1n) is 8.43. The van der Waals surface area contributed by atoms with Crippen molar-refractivity contribution in [1.82, 2.24) is 4.57 Å². The number of aromatic nitrogens is 1. The number of hydrogen-bond donors (Lipinski definition) is 2. The van der Waals surface area contributed by atoms with Crippen LogP contribution in [0.1, 0.15) is 17.3 Å². The van der Waals surface area contributed by atoms with Crippen LogP contribution in [-0.2, 0) is 11.8 Å². The molecule has 7 heteroatoms. The maximum atomic E-state index is 12.3.